The Morgan fingerprint density at radius 3 is 2.46 bits per heavy atom. The Morgan fingerprint density at radius 1 is 1.12 bits per heavy atom. The van der Waals surface area contributed by atoms with Gasteiger partial charge < -0.3 is 15.1 Å². The molecule has 0 aromatic heterocycles. The maximum absolute atomic E-state index is 13.4. The Bertz CT molecular complexity index is 771. The van der Waals surface area contributed by atoms with Crippen LogP contribution in [0.4, 0.5) is 5.69 Å². The van der Waals surface area contributed by atoms with Gasteiger partial charge in [-0.05, 0) is 35.2 Å². The van der Waals surface area contributed by atoms with Gasteiger partial charge in [0.15, 0.2) is 5.78 Å². The van der Waals surface area contributed by atoms with Crippen molar-refractivity contribution >= 4 is 11.5 Å². The van der Waals surface area contributed by atoms with Crippen LogP contribution in [-0.4, -0.2) is 28.6 Å². The fourth-order valence-corrected chi connectivity index (χ4v) is 3.74. The molecule has 1 unspecified atom stereocenters. The summed E-state index contributed by atoms with van der Waals surface area (Å²) in [7, 11) is 1.97. The number of hydrogen-bond acceptors (Lipinski definition) is 4. The second-order valence-corrected chi connectivity index (χ2v) is 6.38. The second-order valence-electron chi connectivity index (χ2n) is 6.38. The van der Waals surface area contributed by atoms with Crippen LogP contribution in [-0.2, 0) is 19.6 Å². The van der Waals surface area contributed by atoms with Gasteiger partial charge in [0.2, 0.25) is 0 Å². The zero-order chi connectivity index (χ0) is 17.3. The summed E-state index contributed by atoms with van der Waals surface area (Å²) in [4.78, 5) is 15.4. The van der Waals surface area contributed by atoms with E-state index in [-0.39, 0.29) is 19.0 Å². The maximum atomic E-state index is 13.4. The lowest BCUT2D eigenvalue weighted by Crippen LogP contribution is -2.51. The van der Waals surface area contributed by atoms with Crippen LogP contribution in [0.1, 0.15) is 40.4 Å². The first-order chi connectivity index (χ1) is 11.6. The summed E-state index contributed by atoms with van der Waals surface area (Å²) >= 11 is 0. The third kappa shape index (κ3) is 2.43. The fraction of sp³-hybridized carbons (Fsp3) is 0.350. The van der Waals surface area contributed by atoms with Gasteiger partial charge in [-0.2, -0.15) is 0 Å². The van der Waals surface area contributed by atoms with Crippen molar-refractivity contribution in [2.45, 2.75) is 38.5 Å². The Labute approximate surface area is 142 Å². The van der Waals surface area contributed by atoms with Crippen molar-refractivity contribution in [3.05, 3.63) is 64.7 Å². The van der Waals surface area contributed by atoms with Crippen LogP contribution in [0.3, 0.4) is 0 Å². The lowest BCUT2D eigenvalue weighted by atomic mass is 9.82. The number of anilines is 1. The topological polar surface area (TPSA) is 60.8 Å². The van der Waals surface area contributed by atoms with Gasteiger partial charge in [0.05, 0.1) is 13.2 Å². The monoisotopic (exact) mass is 325 g/mol. The molecule has 0 bridgehead atoms. The molecule has 2 N–H and O–H groups in total. The lowest BCUT2D eigenvalue weighted by Gasteiger charge is -2.36. The van der Waals surface area contributed by atoms with Crippen molar-refractivity contribution in [3.63, 3.8) is 0 Å². The van der Waals surface area contributed by atoms with Crippen molar-refractivity contribution < 1.29 is 15.0 Å². The van der Waals surface area contributed by atoms with Crippen LogP contribution in [0.25, 0.3) is 0 Å². The molecule has 0 saturated carbocycles. The minimum absolute atomic E-state index is 0.0582. The van der Waals surface area contributed by atoms with E-state index in [1.165, 1.54) is 5.56 Å². The van der Waals surface area contributed by atoms with Gasteiger partial charge >= 0.3 is 0 Å². The molecule has 1 heterocycles. The van der Waals surface area contributed by atoms with Gasteiger partial charge in [0.25, 0.3) is 0 Å². The molecular formula is C20H23NO3. The number of ketones is 1. The number of Topliss-reactive ketones (excluding diaryl/α,β-unsaturated/α-hetero) is 1. The quantitative estimate of drug-likeness (QED) is 0.830. The van der Waals surface area contributed by atoms with E-state index in [2.05, 4.69) is 11.0 Å². The number of aliphatic hydroxyl groups is 2. The van der Waals surface area contributed by atoms with E-state index in [0.717, 1.165) is 5.69 Å². The van der Waals surface area contributed by atoms with Crippen LogP contribution >= 0.6 is 0 Å². The standard InChI is InChI=1S/C20H23NO3/c1-3-20(11-15-6-4-5-7-18(15)21(20)2)19(24)14-8-9-16(12-22)17(10-14)13-23/h4-10,22-23H,3,11-13H2,1-2H3. The van der Waals surface area contributed by atoms with Crippen LogP contribution < -0.4 is 4.90 Å². The van der Waals surface area contributed by atoms with E-state index >= 15 is 0 Å². The summed E-state index contributed by atoms with van der Waals surface area (Å²) in [6.45, 7) is 1.70. The van der Waals surface area contributed by atoms with E-state index in [0.29, 0.717) is 29.5 Å². The van der Waals surface area contributed by atoms with Gasteiger partial charge in [-0.3, -0.25) is 4.79 Å². The molecule has 0 aliphatic carbocycles. The number of aliphatic hydroxyl groups excluding tert-OH is 2. The van der Waals surface area contributed by atoms with Crippen molar-refractivity contribution in [2.24, 2.45) is 0 Å². The van der Waals surface area contributed by atoms with Crippen molar-refractivity contribution in [1.29, 1.82) is 0 Å². The highest BCUT2D eigenvalue weighted by Crippen LogP contribution is 2.41. The zero-order valence-electron chi connectivity index (χ0n) is 14.1. The third-order valence-corrected chi connectivity index (χ3v) is 5.29. The average molecular weight is 325 g/mol. The molecule has 1 aliphatic heterocycles. The van der Waals surface area contributed by atoms with E-state index in [4.69, 9.17) is 0 Å². The predicted molar refractivity (Wildman–Crippen MR) is 94.2 cm³/mol. The molecule has 4 heteroatoms. The molecule has 0 spiro atoms. The zero-order valence-corrected chi connectivity index (χ0v) is 14.1. The number of benzene rings is 2. The minimum atomic E-state index is -0.600. The van der Waals surface area contributed by atoms with Gasteiger partial charge in [0, 0.05) is 24.7 Å². The molecule has 3 rings (SSSR count). The Morgan fingerprint density at radius 2 is 1.83 bits per heavy atom. The van der Waals surface area contributed by atoms with Crippen molar-refractivity contribution in [2.75, 3.05) is 11.9 Å². The SMILES string of the molecule is CCC1(C(=O)c2ccc(CO)c(CO)c2)Cc2ccccc2N1C. The van der Waals surface area contributed by atoms with Crippen LogP contribution in [0, 0.1) is 0 Å². The van der Waals surface area contributed by atoms with Gasteiger partial charge in [-0.25, -0.2) is 0 Å². The van der Waals surface area contributed by atoms with Crippen molar-refractivity contribution in [1.82, 2.24) is 0 Å². The number of carbonyl (C=O) groups is 1. The summed E-state index contributed by atoms with van der Waals surface area (Å²) in [5.41, 5.74) is 3.52. The average Bonchev–Trinajstić information content (AvgIpc) is 2.94. The molecule has 126 valence electrons. The molecule has 1 atom stereocenters. The second kappa shape index (κ2) is 6.38. The van der Waals surface area contributed by atoms with Crippen molar-refractivity contribution in [3.8, 4) is 0 Å². The highest BCUT2D eigenvalue weighted by atomic mass is 16.3. The molecule has 0 fully saturated rings. The van der Waals surface area contributed by atoms with Crippen LogP contribution in [0.15, 0.2) is 42.5 Å². The number of likely N-dealkylation sites (N-methyl/N-ethyl adjacent to an activating group) is 1. The summed E-state index contributed by atoms with van der Waals surface area (Å²) < 4.78 is 0. The molecule has 0 radical (unpaired) electrons. The minimum Gasteiger partial charge on any atom is -0.392 e. The normalized spacial score (nSPS) is 19.4. The molecule has 2 aromatic carbocycles. The van der Waals surface area contributed by atoms with Crippen LogP contribution in [0.5, 0.6) is 0 Å². The molecule has 4 nitrogen and oxygen atoms in total. The first-order valence-corrected chi connectivity index (χ1v) is 8.27. The first-order valence-electron chi connectivity index (χ1n) is 8.27. The summed E-state index contributed by atoms with van der Waals surface area (Å²) in [6.07, 6.45) is 1.39. The third-order valence-electron chi connectivity index (χ3n) is 5.29. The van der Waals surface area contributed by atoms with E-state index in [1.807, 2.05) is 32.2 Å². The number of hydrogen-bond donors (Lipinski definition) is 2. The predicted octanol–water partition coefficient (Wildman–Crippen LogP) is 2.70. The Balaban J connectivity index is 2.02. The number of carbonyl (C=O) groups excluding carboxylic acids is 1. The molecular weight excluding hydrogens is 302 g/mol. The lowest BCUT2D eigenvalue weighted by molar-refractivity contribution is 0.0886. The summed E-state index contributed by atoms with van der Waals surface area (Å²) in [5, 5.41) is 18.8. The maximum Gasteiger partial charge on any atom is 0.188 e. The molecule has 1 aliphatic rings. The highest BCUT2D eigenvalue weighted by molar-refractivity contribution is 6.07. The summed E-state index contributed by atoms with van der Waals surface area (Å²) in [6, 6.07) is 13.3. The highest BCUT2D eigenvalue weighted by Gasteiger charge is 2.46. The van der Waals surface area contributed by atoms with E-state index in [9.17, 15) is 15.0 Å². The smallest absolute Gasteiger partial charge is 0.188 e. The molecule has 0 amide bonds. The Kier molecular flexibility index (Phi) is 4.43. The van der Waals surface area contributed by atoms with Crippen LogP contribution in [0.2, 0.25) is 0 Å². The largest absolute Gasteiger partial charge is 0.392 e. The molecule has 0 saturated heterocycles. The number of para-hydroxylation sites is 1. The van der Waals surface area contributed by atoms with Gasteiger partial charge in [0.1, 0.15) is 5.54 Å². The van der Waals surface area contributed by atoms with E-state index < -0.39 is 5.54 Å². The molecule has 24 heavy (non-hydrogen) atoms. The number of rotatable bonds is 5. The number of fused-ring (bicyclic) bond motifs is 1. The first kappa shape index (κ1) is 16.7. The fourth-order valence-electron chi connectivity index (χ4n) is 3.74. The molecule has 2 aromatic rings. The Hall–Kier alpha value is -2.17. The number of nitrogens with zero attached hydrogens (tertiary/aromatic N) is 1. The van der Waals surface area contributed by atoms with E-state index in [1.54, 1.807) is 18.2 Å². The summed E-state index contributed by atoms with van der Waals surface area (Å²) in [5.74, 6) is 0.0582. The van der Waals surface area contributed by atoms with Gasteiger partial charge in [-0.15, -0.1) is 0 Å². The van der Waals surface area contributed by atoms with Gasteiger partial charge in [-0.1, -0.05) is 37.3 Å².